The summed E-state index contributed by atoms with van der Waals surface area (Å²) in [5.41, 5.74) is 1.84. The number of aryl methyl sites for hydroxylation is 2. The van der Waals surface area contributed by atoms with Crippen molar-refractivity contribution in [1.29, 1.82) is 0 Å². The van der Waals surface area contributed by atoms with Crippen LogP contribution in [0.1, 0.15) is 51.1 Å². The van der Waals surface area contributed by atoms with Crippen LogP contribution in [0.25, 0.3) is 0 Å². The maximum Gasteiger partial charge on any atom is 0.315 e. The Morgan fingerprint density at radius 2 is 2.00 bits per heavy atom. The molecule has 0 spiro atoms. The third-order valence-electron chi connectivity index (χ3n) is 3.27. The summed E-state index contributed by atoms with van der Waals surface area (Å²) >= 11 is 0. The molecule has 2 amide bonds. The van der Waals surface area contributed by atoms with Gasteiger partial charge in [-0.25, -0.2) is 4.79 Å². The SMILES string of the molecule is CCc1noc(CC)c1CNC(=O)NCC(O)CC(C)C. The van der Waals surface area contributed by atoms with Gasteiger partial charge >= 0.3 is 6.03 Å². The lowest BCUT2D eigenvalue weighted by atomic mass is 10.1. The van der Waals surface area contributed by atoms with E-state index >= 15 is 0 Å². The van der Waals surface area contributed by atoms with Crippen molar-refractivity contribution in [3.63, 3.8) is 0 Å². The Hall–Kier alpha value is -1.56. The molecule has 1 rings (SSSR count). The van der Waals surface area contributed by atoms with Crippen LogP contribution in [-0.2, 0) is 19.4 Å². The molecule has 21 heavy (non-hydrogen) atoms. The van der Waals surface area contributed by atoms with Crippen molar-refractivity contribution in [2.75, 3.05) is 6.54 Å². The van der Waals surface area contributed by atoms with Crippen molar-refractivity contribution in [3.8, 4) is 0 Å². The van der Waals surface area contributed by atoms with Gasteiger partial charge in [-0.15, -0.1) is 0 Å². The molecule has 1 aromatic rings. The van der Waals surface area contributed by atoms with Crippen molar-refractivity contribution in [2.24, 2.45) is 5.92 Å². The maximum absolute atomic E-state index is 11.7. The van der Waals surface area contributed by atoms with E-state index in [4.69, 9.17) is 4.52 Å². The zero-order valence-electron chi connectivity index (χ0n) is 13.4. The minimum atomic E-state index is -0.510. The number of urea groups is 1. The molecule has 6 heteroatoms. The average molecular weight is 297 g/mol. The second-order valence-electron chi connectivity index (χ2n) is 5.59. The number of hydrogen-bond acceptors (Lipinski definition) is 4. The van der Waals surface area contributed by atoms with Crippen molar-refractivity contribution in [2.45, 2.75) is 59.6 Å². The summed E-state index contributed by atoms with van der Waals surface area (Å²) in [7, 11) is 0. The molecule has 1 atom stereocenters. The Morgan fingerprint density at radius 3 is 2.57 bits per heavy atom. The van der Waals surface area contributed by atoms with Crippen LogP contribution in [0.2, 0.25) is 0 Å². The van der Waals surface area contributed by atoms with E-state index in [-0.39, 0.29) is 12.6 Å². The molecule has 1 unspecified atom stereocenters. The third-order valence-corrected chi connectivity index (χ3v) is 3.27. The highest BCUT2D eigenvalue weighted by atomic mass is 16.5. The third kappa shape index (κ3) is 5.75. The molecule has 0 bridgehead atoms. The van der Waals surface area contributed by atoms with E-state index in [1.165, 1.54) is 0 Å². The lowest BCUT2D eigenvalue weighted by Crippen LogP contribution is -2.39. The molecule has 120 valence electrons. The molecule has 6 nitrogen and oxygen atoms in total. The first kappa shape index (κ1) is 17.5. The number of amides is 2. The van der Waals surface area contributed by atoms with Gasteiger partial charge in [0.25, 0.3) is 0 Å². The van der Waals surface area contributed by atoms with Gasteiger partial charge in [0.1, 0.15) is 5.76 Å². The number of aromatic nitrogens is 1. The summed E-state index contributed by atoms with van der Waals surface area (Å²) in [6.45, 7) is 8.72. The normalized spacial score (nSPS) is 12.5. The number of carbonyl (C=O) groups excluding carboxylic acids is 1. The summed E-state index contributed by atoms with van der Waals surface area (Å²) in [6.07, 6.45) is 1.68. The Balaban J connectivity index is 2.41. The topological polar surface area (TPSA) is 87.4 Å². The Kier molecular flexibility index (Phi) is 7.22. The van der Waals surface area contributed by atoms with E-state index in [1.54, 1.807) is 0 Å². The number of nitrogens with zero attached hydrogens (tertiary/aromatic N) is 1. The molecule has 0 fully saturated rings. The number of aliphatic hydroxyl groups excluding tert-OH is 1. The van der Waals surface area contributed by atoms with Crippen LogP contribution in [0.15, 0.2) is 4.52 Å². The van der Waals surface area contributed by atoms with Crippen molar-refractivity contribution in [1.82, 2.24) is 15.8 Å². The van der Waals surface area contributed by atoms with Gasteiger partial charge in [-0.3, -0.25) is 0 Å². The van der Waals surface area contributed by atoms with Crippen molar-refractivity contribution >= 4 is 6.03 Å². The molecule has 0 saturated heterocycles. The summed E-state index contributed by atoms with van der Waals surface area (Å²) in [4.78, 5) is 11.7. The van der Waals surface area contributed by atoms with Crippen LogP contribution in [0.5, 0.6) is 0 Å². The zero-order chi connectivity index (χ0) is 15.8. The van der Waals surface area contributed by atoms with E-state index in [9.17, 15) is 9.90 Å². The van der Waals surface area contributed by atoms with E-state index in [0.717, 1.165) is 29.9 Å². The van der Waals surface area contributed by atoms with Crippen LogP contribution in [0.3, 0.4) is 0 Å². The van der Waals surface area contributed by atoms with E-state index < -0.39 is 6.10 Å². The number of nitrogens with one attached hydrogen (secondary N) is 2. The quantitative estimate of drug-likeness (QED) is 0.685. The standard InChI is InChI=1S/C15H27N3O3/c1-5-13-12(14(6-2)21-18-13)9-17-15(20)16-8-11(19)7-10(3)4/h10-11,19H,5-9H2,1-4H3,(H2,16,17,20). The highest BCUT2D eigenvalue weighted by molar-refractivity contribution is 5.73. The fourth-order valence-electron chi connectivity index (χ4n) is 2.21. The molecule has 0 saturated carbocycles. The Labute approximate surface area is 126 Å². The van der Waals surface area contributed by atoms with Crippen LogP contribution in [-0.4, -0.2) is 28.9 Å². The highest BCUT2D eigenvalue weighted by Gasteiger charge is 2.14. The van der Waals surface area contributed by atoms with Crippen LogP contribution >= 0.6 is 0 Å². The molecule has 0 aliphatic carbocycles. The lowest BCUT2D eigenvalue weighted by molar-refractivity contribution is 0.147. The monoisotopic (exact) mass is 297 g/mol. The predicted octanol–water partition coefficient (Wildman–Crippen LogP) is 2.01. The van der Waals surface area contributed by atoms with Gasteiger partial charge in [0.15, 0.2) is 0 Å². The van der Waals surface area contributed by atoms with Gasteiger partial charge in [0.05, 0.1) is 11.8 Å². The molecule has 0 radical (unpaired) electrons. The fourth-order valence-corrected chi connectivity index (χ4v) is 2.21. The number of hydrogen-bond donors (Lipinski definition) is 3. The fraction of sp³-hybridized carbons (Fsp3) is 0.733. The second kappa shape index (κ2) is 8.67. The summed E-state index contributed by atoms with van der Waals surface area (Å²) in [5, 5.41) is 19.2. The van der Waals surface area contributed by atoms with Gasteiger partial charge in [-0.1, -0.05) is 32.9 Å². The average Bonchev–Trinajstić information content (AvgIpc) is 2.84. The first-order valence-corrected chi connectivity index (χ1v) is 7.63. The highest BCUT2D eigenvalue weighted by Crippen LogP contribution is 2.15. The Bertz CT molecular complexity index is 422. The molecule has 1 heterocycles. The molecule has 1 aromatic heterocycles. The zero-order valence-corrected chi connectivity index (χ0v) is 13.4. The van der Waals surface area contributed by atoms with Gasteiger partial charge < -0.3 is 20.3 Å². The van der Waals surface area contributed by atoms with Crippen LogP contribution in [0.4, 0.5) is 4.79 Å². The van der Waals surface area contributed by atoms with Crippen LogP contribution < -0.4 is 10.6 Å². The molecular formula is C15H27N3O3. The first-order chi connectivity index (χ1) is 9.97. The van der Waals surface area contributed by atoms with Gasteiger partial charge in [0, 0.05) is 25.1 Å². The molecule has 3 N–H and O–H groups in total. The van der Waals surface area contributed by atoms with Crippen molar-refractivity contribution < 1.29 is 14.4 Å². The van der Waals surface area contributed by atoms with Gasteiger partial charge in [-0.2, -0.15) is 0 Å². The number of carbonyl (C=O) groups is 1. The Morgan fingerprint density at radius 1 is 1.29 bits per heavy atom. The predicted molar refractivity (Wildman–Crippen MR) is 81.0 cm³/mol. The first-order valence-electron chi connectivity index (χ1n) is 7.63. The molecule has 0 aromatic carbocycles. The molecular weight excluding hydrogens is 270 g/mol. The summed E-state index contributed by atoms with van der Waals surface area (Å²) in [5.74, 6) is 1.22. The van der Waals surface area contributed by atoms with Gasteiger partial charge in [0.2, 0.25) is 0 Å². The maximum atomic E-state index is 11.7. The summed E-state index contributed by atoms with van der Waals surface area (Å²) < 4.78 is 5.25. The van der Waals surface area contributed by atoms with Crippen LogP contribution in [0, 0.1) is 5.92 Å². The number of aliphatic hydroxyl groups is 1. The molecule has 0 aliphatic rings. The summed E-state index contributed by atoms with van der Waals surface area (Å²) in [6, 6.07) is -0.289. The largest absolute Gasteiger partial charge is 0.391 e. The molecule has 0 aliphatic heterocycles. The van der Waals surface area contributed by atoms with E-state index in [1.807, 2.05) is 27.7 Å². The van der Waals surface area contributed by atoms with E-state index in [2.05, 4.69) is 15.8 Å². The minimum Gasteiger partial charge on any atom is -0.391 e. The lowest BCUT2D eigenvalue weighted by Gasteiger charge is -2.14. The van der Waals surface area contributed by atoms with E-state index in [0.29, 0.717) is 18.9 Å². The second-order valence-corrected chi connectivity index (χ2v) is 5.59. The minimum absolute atomic E-state index is 0.259. The number of rotatable bonds is 8. The van der Waals surface area contributed by atoms with Crippen molar-refractivity contribution in [3.05, 3.63) is 17.0 Å². The van der Waals surface area contributed by atoms with Gasteiger partial charge in [-0.05, 0) is 18.8 Å². The smallest absolute Gasteiger partial charge is 0.315 e.